The van der Waals surface area contributed by atoms with Crippen LogP contribution in [0, 0.1) is 11.3 Å². The molecule has 1 heterocycles. The summed E-state index contributed by atoms with van der Waals surface area (Å²) in [5.74, 6) is -0.706. The molecule has 0 saturated carbocycles. The van der Waals surface area contributed by atoms with Gasteiger partial charge in [-0.1, -0.05) is 13.3 Å². The van der Waals surface area contributed by atoms with Crippen molar-refractivity contribution in [3.05, 3.63) is 11.6 Å². The van der Waals surface area contributed by atoms with Gasteiger partial charge in [-0.15, -0.1) is 0 Å². The first-order chi connectivity index (χ1) is 6.61. The Hall–Kier alpha value is -1.63. The molecule has 1 atom stereocenters. The van der Waals surface area contributed by atoms with Crippen LogP contribution in [0.3, 0.4) is 0 Å². The van der Waals surface area contributed by atoms with Crippen molar-refractivity contribution in [2.24, 2.45) is 0 Å². The summed E-state index contributed by atoms with van der Waals surface area (Å²) in [5.41, 5.74) is 0.409. The Kier molecular flexibility index (Phi) is 3.03. The highest BCUT2D eigenvalue weighted by molar-refractivity contribution is 6.16. The normalized spacial score (nSPS) is 18.1. The van der Waals surface area contributed by atoms with Crippen LogP contribution in [-0.4, -0.2) is 22.8 Å². The van der Waals surface area contributed by atoms with Crippen molar-refractivity contribution >= 4 is 11.8 Å². The molecule has 0 bridgehead atoms. The van der Waals surface area contributed by atoms with E-state index >= 15 is 0 Å². The van der Waals surface area contributed by atoms with Crippen molar-refractivity contribution < 1.29 is 9.59 Å². The van der Waals surface area contributed by atoms with Crippen LogP contribution in [0.25, 0.3) is 0 Å². The molecule has 0 spiro atoms. The van der Waals surface area contributed by atoms with Crippen molar-refractivity contribution in [1.82, 2.24) is 4.90 Å². The first-order valence-corrected chi connectivity index (χ1v) is 4.57. The number of imide groups is 1. The number of amides is 2. The number of carbonyl (C=O) groups excluding carboxylic acids is 2. The third-order valence-corrected chi connectivity index (χ3v) is 2.16. The van der Waals surface area contributed by atoms with E-state index in [1.54, 1.807) is 6.92 Å². The lowest BCUT2D eigenvalue weighted by atomic mass is 10.1. The molecule has 74 valence electrons. The maximum atomic E-state index is 11.5. The number of nitriles is 1. The lowest BCUT2D eigenvalue weighted by molar-refractivity contribution is -0.138. The highest BCUT2D eigenvalue weighted by Gasteiger charge is 2.33. The minimum Gasteiger partial charge on any atom is -0.269 e. The monoisotopic (exact) mass is 192 g/mol. The van der Waals surface area contributed by atoms with Gasteiger partial charge in [0.15, 0.2) is 0 Å². The summed E-state index contributed by atoms with van der Waals surface area (Å²) in [7, 11) is 0. The lowest BCUT2D eigenvalue weighted by Crippen LogP contribution is -2.39. The molecule has 0 N–H and O–H groups in total. The molecule has 0 saturated heterocycles. The Morgan fingerprint density at radius 3 is 2.57 bits per heavy atom. The molecule has 0 radical (unpaired) electrons. The molecule has 1 unspecified atom stereocenters. The molecule has 0 fully saturated rings. The highest BCUT2D eigenvalue weighted by atomic mass is 16.2. The zero-order valence-corrected chi connectivity index (χ0v) is 8.28. The predicted molar refractivity (Wildman–Crippen MR) is 49.9 cm³/mol. The zero-order chi connectivity index (χ0) is 10.7. The van der Waals surface area contributed by atoms with Gasteiger partial charge in [-0.3, -0.25) is 14.5 Å². The van der Waals surface area contributed by atoms with E-state index in [9.17, 15) is 9.59 Å². The molecule has 1 rings (SSSR count). The number of hydrogen-bond donors (Lipinski definition) is 0. The number of hydrogen-bond acceptors (Lipinski definition) is 3. The Labute approximate surface area is 82.8 Å². The van der Waals surface area contributed by atoms with E-state index in [1.807, 2.05) is 13.0 Å². The molecule has 4 nitrogen and oxygen atoms in total. The minimum absolute atomic E-state index is 0.338. The Balaban J connectivity index is 2.85. The zero-order valence-electron chi connectivity index (χ0n) is 8.28. The van der Waals surface area contributed by atoms with Crippen LogP contribution < -0.4 is 0 Å². The van der Waals surface area contributed by atoms with Crippen LogP contribution in [0.1, 0.15) is 26.7 Å². The van der Waals surface area contributed by atoms with E-state index < -0.39 is 6.04 Å². The molecule has 1 aliphatic rings. The van der Waals surface area contributed by atoms with Gasteiger partial charge in [-0.05, 0) is 13.3 Å². The summed E-state index contributed by atoms with van der Waals surface area (Å²) >= 11 is 0. The molecule has 2 amide bonds. The van der Waals surface area contributed by atoms with Crippen LogP contribution in [0.5, 0.6) is 0 Å². The van der Waals surface area contributed by atoms with E-state index in [0.717, 1.165) is 11.3 Å². The van der Waals surface area contributed by atoms with Crippen LogP contribution in [0.4, 0.5) is 0 Å². The first kappa shape index (κ1) is 10.5. The molecule has 0 aromatic carbocycles. The summed E-state index contributed by atoms with van der Waals surface area (Å²) in [5, 5.41) is 8.82. The van der Waals surface area contributed by atoms with E-state index in [2.05, 4.69) is 0 Å². The van der Waals surface area contributed by atoms with Gasteiger partial charge >= 0.3 is 0 Å². The number of rotatable bonds is 3. The van der Waals surface area contributed by atoms with E-state index in [-0.39, 0.29) is 11.8 Å². The van der Waals surface area contributed by atoms with Crippen LogP contribution in [-0.2, 0) is 9.59 Å². The van der Waals surface area contributed by atoms with Crippen molar-refractivity contribution in [2.45, 2.75) is 32.7 Å². The average molecular weight is 192 g/mol. The van der Waals surface area contributed by atoms with Crippen LogP contribution >= 0.6 is 0 Å². The quantitative estimate of drug-likeness (QED) is 0.626. The molecule has 1 aliphatic heterocycles. The summed E-state index contributed by atoms with van der Waals surface area (Å²) < 4.78 is 0. The maximum absolute atomic E-state index is 11.5. The van der Waals surface area contributed by atoms with Gasteiger partial charge in [-0.25, -0.2) is 0 Å². The van der Waals surface area contributed by atoms with Gasteiger partial charge < -0.3 is 0 Å². The SMILES string of the molecule is CCCC(C#N)N1C(=O)C=C(C)C1=O. The molecule has 0 aliphatic carbocycles. The molecular weight excluding hydrogens is 180 g/mol. The van der Waals surface area contributed by atoms with Crippen LogP contribution in [0.15, 0.2) is 11.6 Å². The average Bonchev–Trinajstić information content (AvgIpc) is 2.39. The maximum Gasteiger partial charge on any atom is 0.257 e. The van der Waals surface area contributed by atoms with Gasteiger partial charge in [0, 0.05) is 11.6 Å². The third-order valence-electron chi connectivity index (χ3n) is 2.16. The summed E-state index contributed by atoms with van der Waals surface area (Å²) in [6.45, 7) is 3.50. The van der Waals surface area contributed by atoms with E-state index in [1.165, 1.54) is 6.08 Å². The number of carbonyl (C=O) groups is 2. The highest BCUT2D eigenvalue weighted by Crippen LogP contribution is 2.17. The van der Waals surface area contributed by atoms with Gasteiger partial charge in [0.05, 0.1) is 6.07 Å². The van der Waals surface area contributed by atoms with Crippen molar-refractivity contribution in [2.75, 3.05) is 0 Å². The van der Waals surface area contributed by atoms with Crippen molar-refractivity contribution in [1.29, 1.82) is 5.26 Å². The van der Waals surface area contributed by atoms with Crippen molar-refractivity contribution in [3.63, 3.8) is 0 Å². The summed E-state index contributed by atoms with van der Waals surface area (Å²) in [6, 6.07) is 1.36. The van der Waals surface area contributed by atoms with Gasteiger partial charge in [-0.2, -0.15) is 5.26 Å². The van der Waals surface area contributed by atoms with E-state index in [4.69, 9.17) is 5.26 Å². The summed E-state index contributed by atoms with van der Waals surface area (Å²) in [4.78, 5) is 23.9. The van der Waals surface area contributed by atoms with Gasteiger partial charge in [0.1, 0.15) is 6.04 Å². The predicted octanol–water partition coefficient (Wildman–Crippen LogP) is 0.994. The third kappa shape index (κ3) is 1.67. The number of nitrogens with zero attached hydrogens (tertiary/aromatic N) is 2. The lowest BCUT2D eigenvalue weighted by Gasteiger charge is -2.19. The Morgan fingerprint density at radius 2 is 2.21 bits per heavy atom. The van der Waals surface area contributed by atoms with Gasteiger partial charge in [0.2, 0.25) is 0 Å². The molecule has 4 heteroatoms. The first-order valence-electron chi connectivity index (χ1n) is 4.57. The van der Waals surface area contributed by atoms with Gasteiger partial charge in [0.25, 0.3) is 11.8 Å². The fourth-order valence-electron chi connectivity index (χ4n) is 1.43. The molecule has 0 aromatic heterocycles. The molecular formula is C10H12N2O2. The Morgan fingerprint density at radius 1 is 1.57 bits per heavy atom. The van der Waals surface area contributed by atoms with Crippen molar-refractivity contribution in [3.8, 4) is 6.07 Å². The van der Waals surface area contributed by atoms with E-state index in [0.29, 0.717) is 12.0 Å². The standard InChI is InChI=1S/C10H12N2O2/c1-3-4-8(6-11)12-9(13)5-7(2)10(12)14/h5,8H,3-4H2,1-2H3. The second-order valence-corrected chi connectivity index (χ2v) is 3.27. The summed E-state index contributed by atoms with van der Waals surface area (Å²) in [6.07, 6.45) is 2.59. The molecule has 0 aromatic rings. The smallest absolute Gasteiger partial charge is 0.257 e. The largest absolute Gasteiger partial charge is 0.269 e. The minimum atomic E-state index is -0.617. The second-order valence-electron chi connectivity index (χ2n) is 3.27. The van der Waals surface area contributed by atoms with Crippen LogP contribution in [0.2, 0.25) is 0 Å². The molecule has 14 heavy (non-hydrogen) atoms. The fraction of sp³-hybridized carbons (Fsp3) is 0.500. The topological polar surface area (TPSA) is 61.2 Å². The Bertz CT molecular complexity index is 339. The fourth-order valence-corrected chi connectivity index (χ4v) is 1.43. The second kappa shape index (κ2) is 4.05.